The zero-order valence-corrected chi connectivity index (χ0v) is 7.70. The molecule has 0 atom stereocenters. The number of hydrogen-bond donors (Lipinski definition) is 3. The van der Waals surface area contributed by atoms with E-state index in [1.165, 1.54) is 6.92 Å². The molecular formula is C9H11N3O2. The van der Waals surface area contributed by atoms with Crippen LogP contribution in [0, 0.1) is 0 Å². The maximum absolute atomic E-state index is 10.7. The first-order chi connectivity index (χ1) is 6.58. The molecule has 1 rings (SSSR count). The van der Waals surface area contributed by atoms with Crippen LogP contribution in [-0.2, 0) is 4.79 Å². The predicted molar refractivity (Wildman–Crippen MR) is 54.0 cm³/mol. The monoisotopic (exact) mass is 193 g/mol. The first kappa shape index (κ1) is 10.0. The lowest BCUT2D eigenvalue weighted by Crippen LogP contribution is -2.19. The van der Waals surface area contributed by atoms with E-state index in [1.807, 2.05) is 0 Å². The number of carbonyl (C=O) groups is 2. The van der Waals surface area contributed by atoms with Gasteiger partial charge in [0, 0.05) is 18.3 Å². The minimum atomic E-state index is -0.634. The number of anilines is 2. The average molecular weight is 193 g/mol. The molecule has 0 aromatic heterocycles. The fourth-order valence-electron chi connectivity index (χ4n) is 1.02. The Morgan fingerprint density at radius 3 is 2.29 bits per heavy atom. The first-order valence-electron chi connectivity index (χ1n) is 4.02. The number of nitrogens with one attached hydrogen (secondary N) is 2. The molecule has 0 saturated carbocycles. The molecule has 4 N–H and O–H groups in total. The van der Waals surface area contributed by atoms with Crippen molar-refractivity contribution in [3.05, 3.63) is 24.3 Å². The highest BCUT2D eigenvalue weighted by Crippen LogP contribution is 2.14. The number of amides is 3. The van der Waals surface area contributed by atoms with Crippen LogP contribution in [0.3, 0.4) is 0 Å². The molecule has 0 bridgehead atoms. The van der Waals surface area contributed by atoms with Crippen LogP contribution in [-0.4, -0.2) is 11.9 Å². The summed E-state index contributed by atoms with van der Waals surface area (Å²) in [6, 6.07) is 6.08. The smallest absolute Gasteiger partial charge is 0.316 e. The third kappa shape index (κ3) is 3.14. The normalized spacial score (nSPS) is 9.21. The summed E-state index contributed by atoms with van der Waals surface area (Å²) in [7, 11) is 0. The lowest BCUT2D eigenvalue weighted by Gasteiger charge is -2.05. The summed E-state index contributed by atoms with van der Waals surface area (Å²) in [4.78, 5) is 21.2. The number of benzene rings is 1. The molecule has 0 aliphatic rings. The molecule has 14 heavy (non-hydrogen) atoms. The van der Waals surface area contributed by atoms with Crippen LogP contribution in [0.2, 0.25) is 0 Å². The molecule has 1 aromatic carbocycles. The molecule has 0 spiro atoms. The van der Waals surface area contributed by atoms with Gasteiger partial charge in [-0.2, -0.15) is 0 Å². The molecule has 0 saturated heterocycles. The summed E-state index contributed by atoms with van der Waals surface area (Å²) in [6.07, 6.45) is 0. The van der Waals surface area contributed by atoms with Crippen molar-refractivity contribution in [2.75, 3.05) is 10.6 Å². The second-order valence-electron chi connectivity index (χ2n) is 2.75. The molecule has 0 radical (unpaired) electrons. The fourth-order valence-corrected chi connectivity index (χ4v) is 1.02. The standard InChI is InChI=1S/C9H11N3O2/c1-6(13)11-7-3-2-4-8(5-7)12-9(10)14/h2-5H,1H3,(H,11,13)(H3,10,12,14). The van der Waals surface area contributed by atoms with Crippen molar-refractivity contribution >= 4 is 23.3 Å². The van der Waals surface area contributed by atoms with Gasteiger partial charge >= 0.3 is 6.03 Å². The Kier molecular flexibility index (Phi) is 3.06. The zero-order valence-electron chi connectivity index (χ0n) is 7.70. The Hall–Kier alpha value is -2.04. The van der Waals surface area contributed by atoms with Gasteiger partial charge in [0.05, 0.1) is 0 Å². The molecular weight excluding hydrogens is 182 g/mol. The van der Waals surface area contributed by atoms with Gasteiger partial charge in [-0.3, -0.25) is 4.79 Å². The zero-order chi connectivity index (χ0) is 10.6. The molecule has 0 aliphatic heterocycles. The third-order valence-electron chi connectivity index (χ3n) is 1.45. The van der Waals surface area contributed by atoms with E-state index in [0.717, 1.165) is 0 Å². The number of nitrogens with two attached hydrogens (primary N) is 1. The number of rotatable bonds is 2. The van der Waals surface area contributed by atoms with Crippen LogP contribution < -0.4 is 16.4 Å². The van der Waals surface area contributed by atoms with Gasteiger partial charge in [-0.25, -0.2) is 4.79 Å². The average Bonchev–Trinajstić information content (AvgIpc) is 2.01. The number of hydrogen-bond acceptors (Lipinski definition) is 2. The lowest BCUT2D eigenvalue weighted by atomic mass is 10.3. The third-order valence-corrected chi connectivity index (χ3v) is 1.45. The van der Waals surface area contributed by atoms with E-state index in [4.69, 9.17) is 5.73 Å². The highest BCUT2D eigenvalue weighted by Gasteiger charge is 1.98. The molecule has 3 amide bonds. The van der Waals surface area contributed by atoms with Gasteiger partial charge in [0.25, 0.3) is 0 Å². The van der Waals surface area contributed by atoms with E-state index in [9.17, 15) is 9.59 Å². The maximum Gasteiger partial charge on any atom is 0.316 e. The second-order valence-corrected chi connectivity index (χ2v) is 2.75. The number of carbonyl (C=O) groups excluding carboxylic acids is 2. The second kappa shape index (κ2) is 4.27. The Morgan fingerprint density at radius 1 is 1.21 bits per heavy atom. The topological polar surface area (TPSA) is 84.2 Å². The highest BCUT2D eigenvalue weighted by molar-refractivity contribution is 5.91. The Bertz CT molecular complexity index is 332. The fraction of sp³-hybridized carbons (Fsp3) is 0.111. The predicted octanol–water partition coefficient (Wildman–Crippen LogP) is 1.14. The van der Waals surface area contributed by atoms with E-state index in [0.29, 0.717) is 11.4 Å². The first-order valence-corrected chi connectivity index (χ1v) is 4.02. The molecule has 5 heteroatoms. The summed E-state index contributed by atoms with van der Waals surface area (Å²) in [5.74, 6) is -0.166. The summed E-state index contributed by atoms with van der Waals surface area (Å²) in [5.41, 5.74) is 6.10. The van der Waals surface area contributed by atoms with Crippen molar-refractivity contribution < 1.29 is 9.59 Å². The molecule has 74 valence electrons. The van der Waals surface area contributed by atoms with Gasteiger partial charge in [-0.05, 0) is 18.2 Å². The Labute approximate surface area is 81.3 Å². The summed E-state index contributed by atoms with van der Waals surface area (Å²) >= 11 is 0. The minimum Gasteiger partial charge on any atom is -0.351 e. The number of primary amides is 1. The van der Waals surface area contributed by atoms with Crippen molar-refractivity contribution in [1.29, 1.82) is 0 Å². The van der Waals surface area contributed by atoms with Gasteiger partial charge in [0.1, 0.15) is 0 Å². The van der Waals surface area contributed by atoms with E-state index in [2.05, 4.69) is 10.6 Å². The van der Waals surface area contributed by atoms with E-state index >= 15 is 0 Å². The maximum atomic E-state index is 10.7. The Morgan fingerprint density at radius 2 is 1.79 bits per heavy atom. The molecule has 0 heterocycles. The molecule has 0 fully saturated rings. The van der Waals surface area contributed by atoms with E-state index in [-0.39, 0.29) is 5.91 Å². The van der Waals surface area contributed by atoms with Crippen molar-refractivity contribution in [2.45, 2.75) is 6.92 Å². The van der Waals surface area contributed by atoms with Gasteiger partial charge in [0.15, 0.2) is 0 Å². The van der Waals surface area contributed by atoms with Crippen molar-refractivity contribution in [1.82, 2.24) is 0 Å². The van der Waals surface area contributed by atoms with Crippen LogP contribution in [0.5, 0.6) is 0 Å². The largest absolute Gasteiger partial charge is 0.351 e. The van der Waals surface area contributed by atoms with Crippen molar-refractivity contribution in [3.8, 4) is 0 Å². The van der Waals surface area contributed by atoms with E-state index < -0.39 is 6.03 Å². The van der Waals surface area contributed by atoms with Crippen LogP contribution >= 0.6 is 0 Å². The van der Waals surface area contributed by atoms with Gasteiger partial charge in [0.2, 0.25) is 5.91 Å². The quantitative estimate of drug-likeness (QED) is 0.657. The summed E-state index contributed by atoms with van der Waals surface area (Å²) < 4.78 is 0. The van der Waals surface area contributed by atoms with Gasteiger partial charge < -0.3 is 16.4 Å². The van der Waals surface area contributed by atoms with Crippen molar-refractivity contribution in [2.24, 2.45) is 5.73 Å². The molecule has 1 aromatic rings. The lowest BCUT2D eigenvalue weighted by molar-refractivity contribution is -0.114. The highest BCUT2D eigenvalue weighted by atomic mass is 16.2. The van der Waals surface area contributed by atoms with Gasteiger partial charge in [-0.1, -0.05) is 6.07 Å². The van der Waals surface area contributed by atoms with Gasteiger partial charge in [-0.15, -0.1) is 0 Å². The SMILES string of the molecule is CC(=O)Nc1cccc(NC(N)=O)c1. The van der Waals surface area contributed by atoms with Crippen LogP contribution in [0.1, 0.15) is 6.92 Å². The Balaban J connectivity index is 2.78. The van der Waals surface area contributed by atoms with E-state index in [1.54, 1.807) is 24.3 Å². The number of urea groups is 1. The summed E-state index contributed by atoms with van der Waals surface area (Å²) in [5, 5.41) is 4.99. The molecule has 0 unspecified atom stereocenters. The van der Waals surface area contributed by atoms with Crippen LogP contribution in [0.25, 0.3) is 0 Å². The molecule has 5 nitrogen and oxygen atoms in total. The van der Waals surface area contributed by atoms with Crippen LogP contribution in [0.15, 0.2) is 24.3 Å². The summed E-state index contributed by atoms with van der Waals surface area (Å²) in [6.45, 7) is 1.41. The van der Waals surface area contributed by atoms with Crippen LogP contribution in [0.4, 0.5) is 16.2 Å². The minimum absolute atomic E-state index is 0.166. The van der Waals surface area contributed by atoms with Crippen molar-refractivity contribution in [3.63, 3.8) is 0 Å². The molecule has 0 aliphatic carbocycles.